The summed E-state index contributed by atoms with van der Waals surface area (Å²) < 4.78 is 1.85. The van der Waals surface area contributed by atoms with E-state index in [1.54, 1.807) is 0 Å². The molecule has 1 spiro atoms. The monoisotopic (exact) mass is 347 g/mol. The highest BCUT2D eigenvalue weighted by atomic mass is 16.2. The van der Waals surface area contributed by atoms with Crippen LogP contribution in [0.15, 0.2) is 6.07 Å². The van der Waals surface area contributed by atoms with Crippen molar-refractivity contribution in [1.82, 2.24) is 24.9 Å². The van der Waals surface area contributed by atoms with E-state index in [4.69, 9.17) is 0 Å². The Morgan fingerprint density at radius 1 is 1.36 bits per heavy atom. The molecule has 2 fully saturated rings. The summed E-state index contributed by atoms with van der Waals surface area (Å²) >= 11 is 0. The van der Waals surface area contributed by atoms with Gasteiger partial charge < -0.3 is 10.2 Å². The van der Waals surface area contributed by atoms with Gasteiger partial charge in [0.2, 0.25) is 5.91 Å². The summed E-state index contributed by atoms with van der Waals surface area (Å²) in [6.45, 7) is 9.15. The molecule has 1 aromatic heterocycles. The molecule has 6 heteroatoms. The topological polar surface area (TPSA) is 53.4 Å². The lowest BCUT2D eigenvalue weighted by atomic mass is 9.76. The molecule has 140 valence electrons. The van der Waals surface area contributed by atoms with Gasteiger partial charge in [-0.3, -0.25) is 14.4 Å². The van der Waals surface area contributed by atoms with Gasteiger partial charge >= 0.3 is 0 Å². The summed E-state index contributed by atoms with van der Waals surface area (Å²) in [6.07, 6.45) is 4.54. The Hall–Kier alpha value is -1.40. The lowest BCUT2D eigenvalue weighted by Crippen LogP contribution is -2.43. The van der Waals surface area contributed by atoms with E-state index in [-0.39, 0.29) is 11.9 Å². The summed E-state index contributed by atoms with van der Waals surface area (Å²) in [5.41, 5.74) is 2.39. The Kier molecular flexibility index (Phi) is 5.49. The van der Waals surface area contributed by atoms with E-state index in [1.807, 2.05) is 24.7 Å². The van der Waals surface area contributed by atoms with Gasteiger partial charge in [-0.15, -0.1) is 0 Å². The maximum absolute atomic E-state index is 12.9. The van der Waals surface area contributed by atoms with Crippen molar-refractivity contribution in [2.24, 2.45) is 12.5 Å². The zero-order valence-corrected chi connectivity index (χ0v) is 16.2. The van der Waals surface area contributed by atoms with Crippen molar-refractivity contribution in [1.29, 1.82) is 0 Å². The van der Waals surface area contributed by atoms with Gasteiger partial charge in [-0.25, -0.2) is 0 Å². The van der Waals surface area contributed by atoms with Crippen LogP contribution in [0.5, 0.6) is 0 Å². The number of carbonyl (C=O) groups is 1. The first-order chi connectivity index (χ1) is 11.9. The summed E-state index contributed by atoms with van der Waals surface area (Å²) in [5, 5.41) is 7.52. The highest BCUT2D eigenvalue weighted by Gasteiger charge is 2.47. The molecule has 2 aliphatic heterocycles. The third-order valence-electron chi connectivity index (χ3n) is 6.01. The fraction of sp³-hybridized carbons (Fsp3) is 0.789. The number of carbonyl (C=O) groups excluding carboxylic acids is 1. The van der Waals surface area contributed by atoms with Gasteiger partial charge in [0, 0.05) is 13.6 Å². The zero-order valence-electron chi connectivity index (χ0n) is 16.2. The summed E-state index contributed by atoms with van der Waals surface area (Å²) in [6, 6.07) is 2.06. The molecule has 3 heterocycles. The van der Waals surface area contributed by atoms with E-state index < -0.39 is 0 Å². The first-order valence-electron chi connectivity index (χ1n) is 9.62. The van der Waals surface area contributed by atoms with E-state index in [0.29, 0.717) is 12.0 Å². The molecule has 0 radical (unpaired) electrons. The van der Waals surface area contributed by atoms with Gasteiger partial charge in [0.15, 0.2) is 0 Å². The van der Waals surface area contributed by atoms with Gasteiger partial charge in [-0.2, -0.15) is 5.10 Å². The van der Waals surface area contributed by atoms with Crippen molar-refractivity contribution in [2.75, 3.05) is 33.2 Å². The molecule has 1 aromatic rings. The number of piperidine rings is 1. The highest BCUT2D eigenvalue weighted by molar-refractivity contribution is 5.82. The number of amides is 1. The standard InChI is InChI=1S/C19H33N5O/c1-5-8-24-14-19(6-9-22(3)10-7-19)12-17(24)18(25)20-13-16-11-15(2)21-23(16)4/h11,17H,5-10,12-14H2,1-4H3,(H,20,25). The Morgan fingerprint density at radius 2 is 2.08 bits per heavy atom. The van der Waals surface area contributed by atoms with Gasteiger partial charge in [-0.05, 0) is 70.8 Å². The SMILES string of the molecule is CCCN1CC2(CCN(C)CC2)CC1C(=O)NCc1cc(C)nn1C. The molecule has 1 atom stereocenters. The van der Waals surface area contributed by atoms with Crippen molar-refractivity contribution in [2.45, 2.75) is 52.1 Å². The maximum Gasteiger partial charge on any atom is 0.237 e. The summed E-state index contributed by atoms with van der Waals surface area (Å²) in [7, 11) is 4.13. The second kappa shape index (κ2) is 7.46. The molecule has 6 nitrogen and oxygen atoms in total. The van der Waals surface area contributed by atoms with E-state index in [2.05, 4.69) is 34.2 Å². The number of rotatable bonds is 5. The quantitative estimate of drug-likeness (QED) is 0.878. The average molecular weight is 348 g/mol. The molecule has 1 unspecified atom stereocenters. The van der Waals surface area contributed by atoms with E-state index in [1.165, 1.54) is 12.8 Å². The molecule has 0 aromatic carbocycles. The van der Waals surface area contributed by atoms with Crippen molar-refractivity contribution in [3.8, 4) is 0 Å². The summed E-state index contributed by atoms with van der Waals surface area (Å²) in [4.78, 5) is 17.8. The zero-order chi connectivity index (χ0) is 18.0. The van der Waals surface area contributed by atoms with Crippen LogP contribution in [-0.4, -0.2) is 64.8 Å². The number of nitrogens with zero attached hydrogens (tertiary/aromatic N) is 4. The van der Waals surface area contributed by atoms with E-state index in [9.17, 15) is 4.79 Å². The van der Waals surface area contributed by atoms with Crippen LogP contribution in [0, 0.1) is 12.3 Å². The smallest absolute Gasteiger partial charge is 0.237 e. The second-order valence-electron chi connectivity index (χ2n) is 8.11. The Labute approximate surface area is 151 Å². The number of hydrogen-bond acceptors (Lipinski definition) is 4. The van der Waals surface area contributed by atoms with Gasteiger partial charge in [0.25, 0.3) is 0 Å². The number of likely N-dealkylation sites (tertiary alicyclic amines) is 2. The Balaban J connectivity index is 1.64. The van der Waals surface area contributed by atoms with Crippen LogP contribution in [-0.2, 0) is 18.4 Å². The fourth-order valence-electron chi connectivity index (χ4n) is 4.51. The lowest BCUT2D eigenvalue weighted by Gasteiger charge is -2.37. The first-order valence-corrected chi connectivity index (χ1v) is 9.62. The predicted octanol–water partition coefficient (Wildman–Crippen LogP) is 1.54. The van der Waals surface area contributed by atoms with Crippen LogP contribution in [0.3, 0.4) is 0 Å². The van der Waals surface area contributed by atoms with Gasteiger partial charge in [0.05, 0.1) is 24.0 Å². The third-order valence-corrected chi connectivity index (χ3v) is 6.01. The molecule has 0 bridgehead atoms. The number of hydrogen-bond donors (Lipinski definition) is 1. The number of aryl methyl sites for hydroxylation is 2. The van der Waals surface area contributed by atoms with Crippen LogP contribution in [0.4, 0.5) is 0 Å². The fourth-order valence-corrected chi connectivity index (χ4v) is 4.51. The molecule has 0 saturated carbocycles. The third kappa shape index (κ3) is 4.06. The normalized spacial score (nSPS) is 24.1. The molecule has 25 heavy (non-hydrogen) atoms. The Morgan fingerprint density at radius 3 is 2.68 bits per heavy atom. The minimum atomic E-state index is 0.0256. The minimum absolute atomic E-state index is 0.0256. The maximum atomic E-state index is 12.9. The van der Waals surface area contributed by atoms with Gasteiger partial charge in [-0.1, -0.05) is 6.92 Å². The highest BCUT2D eigenvalue weighted by Crippen LogP contribution is 2.43. The van der Waals surface area contributed by atoms with Crippen molar-refractivity contribution in [3.63, 3.8) is 0 Å². The molecule has 0 aliphatic carbocycles. The summed E-state index contributed by atoms with van der Waals surface area (Å²) in [5.74, 6) is 0.183. The van der Waals surface area contributed by atoms with Gasteiger partial charge in [0.1, 0.15) is 0 Å². The first kappa shape index (κ1) is 18.4. The van der Waals surface area contributed by atoms with E-state index >= 15 is 0 Å². The van der Waals surface area contributed by atoms with Crippen molar-refractivity contribution >= 4 is 5.91 Å². The molecule has 1 N–H and O–H groups in total. The van der Waals surface area contributed by atoms with Crippen LogP contribution >= 0.6 is 0 Å². The largest absolute Gasteiger partial charge is 0.349 e. The van der Waals surface area contributed by atoms with Crippen LogP contribution in [0.2, 0.25) is 0 Å². The van der Waals surface area contributed by atoms with Crippen LogP contribution in [0.25, 0.3) is 0 Å². The van der Waals surface area contributed by atoms with E-state index in [0.717, 1.165) is 50.4 Å². The second-order valence-corrected chi connectivity index (χ2v) is 8.11. The number of aromatic nitrogens is 2. The average Bonchev–Trinajstić information content (AvgIpc) is 3.09. The number of nitrogens with one attached hydrogen (secondary N) is 1. The molecule has 3 rings (SSSR count). The molecule has 2 saturated heterocycles. The lowest BCUT2D eigenvalue weighted by molar-refractivity contribution is -0.125. The van der Waals surface area contributed by atoms with Crippen LogP contribution in [0.1, 0.15) is 44.0 Å². The molecular weight excluding hydrogens is 314 g/mol. The minimum Gasteiger partial charge on any atom is -0.349 e. The molecule has 2 aliphatic rings. The molecular formula is C19H33N5O. The predicted molar refractivity (Wildman–Crippen MR) is 99.2 cm³/mol. The van der Waals surface area contributed by atoms with Crippen molar-refractivity contribution in [3.05, 3.63) is 17.5 Å². The Bertz CT molecular complexity index is 603. The van der Waals surface area contributed by atoms with Crippen molar-refractivity contribution < 1.29 is 4.79 Å². The van der Waals surface area contributed by atoms with Crippen LogP contribution < -0.4 is 5.32 Å². The molecule has 1 amide bonds.